The summed E-state index contributed by atoms with van der Waals surface area (Å²) < 4.78 is 0.879. The third kappa shape index (κ3) is 3.87. The van der Waals surface area contributed by atoms with Gasteiger partial charge in [-0.15, -0.1) is 11.3 Å². The van der Waals surface area contributed by atoms with Crippen LogP contribution >= 0.6 is 27.3 Å². The van der Waals surface area contributed by atoms with Crippen molar-refractivity contribution in [2.45, 2.75) is 19.4 Å². The van der Waals surface area contributed by atoms with Gasteiger partial charge in [0, 0.05) is 30.6 Å². The van der Waals surface area contributed by atoms with E-state index in [9.17, 15) is 0 Å². The molecule has 90 valence electrons. The summed E-state index contributed by atoms with van der Waals surface area (Å²) in [5.74, 6) is 0.446. The lowest BCUT2D eigenvalue weighted by Gasteiger charge is -2.09. The van der Waals surface area contributed by atoms with Gasteiger partial charge in [0.15, 0.2) is 0 Å². The molecule has 2 heterocycles. The van der Waals surface area contributed by atoms with Crippen LogP contribution in [-0.4, -0.2) is 16.5 Å². The van der Waals surface area contributed by atoms with Gasteiger partial charge in [-0.05, 0) is 28.1 Å². The molecule has 5 heteroatoms. The van der Waals surface area contributed by atoms with Crippen molar-refractivity contribution < 1.29 is 0 Å². The Kier molecular flexibility index (Phi) is 4.65. The van der Waals surface area contributed by atoms with E-state index in [-0.39, 0.29) is 0 Å². The summed E-state index contributed by atoms with van der Waals surface area (Å²) in [6.07, 6.45) is 1.85. The van der Waals surface area contributed by atoms with Crippen molar-refractivity contribution in [1.82, 2.24) is 15.3 Å². The molecule has 0 amide bonds. The van der Waals surface area contributed by atoms with Crippen LogP contribution in [0, 0.1) is 0 Å². The molecule has 0 saturated heterocycles. The topological polar surface area (TPSA) is 37.8 Å². The van der Waals surface area contributed by atoms with Crippen molar-refractivity contribution in [3.63, 3.8) is 0 Å². The van der Waals surface area contributed by atoms with Gasteiger partial charge < -0.3 is 5.32 Å². The summed E-state index contributed by atoms with van der Waals surface area (Å²) in [6, 6.07) is 5.95. The van der Waals surface area contributed by atoms with Crippen LogP contribution in [0.2, 0.25) is 0 Å². The third-order valence-electron chi connectivity index (χ3n) is 2.40. The third-order valence-corrected chi connectivity index (χ3v) is 3.85. The molecule has 1 unspecified atom stereocenters. The van der Waals surface area contributed by atoms with Crippen molar-refractivity contribution in [2.24, 2.45) is 0 Å². The Morgan fingerprint density at radius 1 is 1.47 bits per heavy atom. The second-order valence-corrected chi connectivity index (χ2v) is 5.59. The van der Waals surface area contributed by atoms with Crippen LogP contribution < -0.4 is 5.32 Å². The van der Waals surface area contributed by atoms with E-state index in [0.29, 0.717) is 5.92 Å². The number of hydrogen-bond acceptors (Lipinski definition) is 4. The molecule has 0 aliphatic heterocycles. The van der Waals surface area contributed by atoms with E-state index in [1.807, 2.05) is 29.8 Å². The van der Waals surface area contributed by atoms with E-state index in [1.165, 1.54) is 5.01 Å². The molecule has 0 spiro atoms. The van der Waals surface area contributed by atoms with Crippen molar-refractivity contribution in [1.29, 1.82) is 0 Å². The number of aromatic nitrogens is 2. The number of rotatable bonds is 5. The molecule has 0 fully saturated rings. The Hall–Kier alpha value is -0.780. The first-order valence-electron chi connectivity index (χ1n) is 5.47. The number of pyridine rings is 1. The van der Waals surface area contributed by atoms with Gasteiger partial charge in [-0.3, -0.25) is 0 Å². The molecule has 0 aliphatic carbocycles. The fraction of sp³-hybridized carbons (Fsp3) is 0.333. The lowest BCUT2D eigenvalue weighted by atomic mass is 10.2. The van der Waals surface area contributed by atoms with Crippen LogP contribution in [0.25, 0.3) is 0 Å². The van der Waals surface area contributed by atoms with Gasteiger partial charge in [-0.2, -0.15) is 0 Å². The minimum atomic E-state index is 0.446. The highest BCUT2D eigenvalue weighted by atomic mass is 79.9. The normalized spacial score (nSPS) is 12.6. The fourth-order valence-electron chi connectivity index (χ4n) is 1.53. The highest BCUT2D eigenvalue weighted by Crippen LogP contribution is 2.16. The number of hydrogen-bond donors (Lipinski definition) is 1. The monoisotopic (exact) mass is 311 g/mol. The van der Waals surface area contributed by atoms with Crippen molar-refractivity contribution in [3.8, 4) is 0 Å². The molecule has 2 aromatic heterocycles. The quantitative estimate of drug-likeness (QED) is 0.862. The molecule has 2 rings (SSSR count). The smallest absolute Gasteiger partial charge is 0.106 e. The number of thiazole rings is 1. The van der Waals surface area contributed by atoms with Gasteiger partial charge in [-0.1, -0.05) is 13.0 Å². The van der Waals surface area contributed by atoms with Crippen LogP contribution in [0.1, 0.15) is 23.5 Å². The minimum Gasteiger partial charge on any atom is -0.310 e. The van der Waals surface area contributed by atoms with E-state index in [2.05, 4.69) is 38.1 Å². The maximum atomic E-state index is 4.37. The summed E-state index contributed by atoms with van der Waals surface area (Å²) in [6.45, 7) is 3.89. The lowest BCUT2D eigenvalue weighted by Crippen LogP contribution is -2.20. The zero-order chi connectivity index (χ0) is 12.1. The molecular formula is C12H14BrN3S. The largest absolute Gasteiger partial charge is 0.310 e. The fourth-order valence-corrected chi connectivity index (χ4v) is 2.61. The van der Waals surface area contributed by atoms with Crippen molar-refractivity contribution in [2.75, 3.05) is 6.54 Å². The second-order valence-electron chi connectivity index (χ2n) is 3.85. The minimum absolute atomic E-state index is 0.446. The molecule has 0 aliphatic rings. The molecule has 0 bridgehead atoms. The highest BCUT2D eigenvalue weighted by Gasteiger charge is 2.07. The number of halogens is 1. The Morgan fingerprint density at radius 2 is 2.35 bits per heavy atom. The molecule has 17 heavy (non-hydrogen) atoms. The van der Waals surface area contributed by atoms with Gasteiger partial charge in [-0.25, -0.2) is 9.97 Å². The van der Waals surface area contributed by atoms with Gasteiger partial charge in [0.25, 0.3) is 0 Å². The summed E-state index contributed by atoms with van der Waals surface area (Å²) in [5.41, 5.74) is 1.05. The second kappa shape index (κ2) is 6.23. The Bertz CT molecular complexity index is 459. The Balaban J connectivity index is 1.80. The molecule has 0 aromatic carbocycles. The van der Waals surface area contributed by atoms with Gasteiger partial charge >= 0.3 is 0 Å². The summed E-state index contributed by atoms with van der Waals surface area (Å²) >= 11 is 5.07. The van der Waals surface area contributed by atoms with E-state index >= 15 is 0 Å². The first kappa shape index (κ1) is 12.7. The van der Waals surface area contributed by atoms with E-state index < -0.39 is 0 Å². The molecule has 1 N–H and O–H groups in total. The Morgan fingerprint density at radius 3 is 3.06 bits per heavy atom. The molecule has 2 aromatic rings. The van der Waals surface area contributed by atoms with E-state index in [0.717, 1.165) is 23.4 Å². The first-order chi connectivity index (χ1) is 8.25. The maximum Gasteiger partial charge on any atom is 0.106 e. The van der Waals surface area contributed by atoms with E-state index in [4.69, 9.17) is 0 Å². The number of nitrogens with one attached hydrogen (secondary N) is 1. The van der Waals surface area contributed by atoms with Crippen LogP contribution in [-0.2, 0) is 6.54 Å². The zero-order valence-corrected chi connectivity index (χ0v) is 12.0. The summed E-state index contributed by atoms with van der Waals surface area (Å²) in [5, 5.41) is 6.60. The molecule has 1 atom stereocenters. The summed E-state index contributed by atoms with van der Waals surface area (Å²) in [7, 11) is 0. The van der Waals surface area contributed by atoms with Gasteiger partial charge in [0.05, 0.1) is 10.7 Å². The predicted molar refractivity (Wildman–Crippen MR) is 74.2 cm³/mol. The lowest BCUT2D eigenvalue weighted by molar-refractivity contribution is 0.606. The molecule has 3 nitrogen and oxygen atoms in total. The first-order valence-corrected chi connectivity index (χ1v) is 7.14. The van der Waals surface area contributed by atoms with E-state index in [1.54, 1.807) is 11.3 Å². The Labute approximate surface area is 113 Å². The average molecular weight is 312 g/mol. The van der Waals surface area contributed by atoms with Crippen molar-refractivity contribution >= 4 is 27.3 Å². The zero-order valence-electron chi connectivity index (χ0n) is 9.56. The van der Waals surface area contributed by atoms with Crippen LogP contribution in [0.3, 0.4) is 0 Å². The highest BCUT2D eigenvalue weighted by molar-refractivity contribution is 9.10. The predicted octanol–water partition coefficient (Wildman–Crippen LogP) is 3.19. The van der Waals surface area contributed by atoms with Gasteiger partial charge in [0.2, 0.25) is 0 Å². The molecular weight excluding hydrogens is 298 g/mol. The van der Waals surface area contributed by atoms with Crippen LogP contribution in [0.15, 0.2) is 34.4 Å². The SMILES string of the molecule is CC(CNCc1cccc(Br)n1)c1nccs1. The molecule has 0 radical (unpaired) electrons. The average Bonchev–Trinajstić information content (AvgIpc) is 2.82. The van der Waals surface area contributed by atoms with Crippen LogP contribution in [0.5, 0.6) is 0 Å². The summed E-state index contributed by atoms with van der Waals surface area (Å²) in [4.78, 5) is 8.69. The standard InChI is InChI=1S/C12H14BrN3S/c1-9(12-15-5-6-17-12)7-14-8-10-3-2-4-11(13)16-10/h2-6,9,14H,7-8H2,1H3. The molecule has 0 saturated carbocycles. The van der Waals surface area contributed by atoms with Gasteiger partial charge in [0.1, 0.15) is 4.60 Å². The maximum absolute atomic E-state index is 4.37. The van der Waals surface area contributed by atoms with Crippen LogP contribution in [0.4, 0.5) is 0 Å². The number of nitrogens with zero attached hydrogens (tertiary/aromatic N) is 2. The van der Waals surface area contributed by atoms with Crippen molar-refractivity contribution in [3.05, 3.63) is 45.1 Å².